The molecule has 2 amide bonds. The molecule has 2 heterocycles. The number of benzene rings is 2. The van der Waals surface area contributed by atoms with E-state index in [1.165, 1.54) is 0 Å². The zero-order valence-electron chi connectivity index (χ0n) is 21.0. The van der Waals surface area contributed by atoms with Gasteiger partial charge in [0.05, 0.1) is 23.9 Å². The summed E-state index contributed by atoms with van der Waals surface area (Å²) in [6, 6.07) is 17.5. The first-order valence-corrected chi connectivity index (χ1v) is 12.0. The Morgan fingerprint density at radius 1 is 1.08 bits per heavy atom. The van der Waals surface area contributed by atoms with Crippen molar-refractivity contribution in [2.24, 2.45) is 0 Å². The second-order valence-corrected chi connectivity index (χ2v) is 8.67. The summed E-state index contributed by atoms with van der Waals surface area (Å²) in [5.41, 5.74) is 4.15. The number of rotatable bonds is 7. The minimum absolute atomic E-state index is 0.0783. The summed E-state index contributed by atoms with van der Waals surface area (Å²) in [5.74, 6) is 0.850. The quantitative estimate of drug-likeness (QED) is 0.347. The van der Waals surface area contributed by atoms with Crippen molar-refractivity contribution >= 4 is 34.0 Å². The summed E-state index contributed by atoms with van der Waals surface area (Å²) in [6.07, 6.45) is 8.49. The molecule has 9 nitrogen and oxygen atoms in total. The first-order chi connectivity index (χ1) is 19.0. The Morgan fingerprint density at radius 2 is 1.92 bits per heavy atom. The van der Waals surface area contributed by atoms with Crippen LogP contribution in [0.5, 0.6) is 11.5 Å². The molecule has 0 aliphatic heterocycles. The highest BCUT2D eigenvalue weighted by atomic mass is 16.5. The number of methoxy groups -OCH3 is 1. The third-order valence-electron chi connectivity index (χ3n) is 6.13. The van der Waals surface area contributed by atoms with Crippen LogP contribution in [-0.4, -0.2) is 28.9 Å². The maximum absolute atomic E-state index is 12.9. The SMILES string of the molecule is COc1ccc(NC(=O)NC2=CC=C(c3ccnc4cc(OCc5cccnc5)c(C#N)cc34)CC2=O)cc1. The van der Waals surface area contributed by atoms with Crippen molar-refractivity contribution in [2.75, 3.05) is 12.4 Å². The smallest absolute Gasteiger partial charge is 0.323 e. The third-order valence-corrected chi connectivity index (χ3v) is 6.13. The number of anilines is 1. The predicted octanol–water partition coefficient (Wildman–Crippen LogP) is 5.15. The average molecular weight is 518 g/mol. The van der Waals surface area contributed by atoms with Gasteiger partial charge in [0, 0.05) is 47.7 Å². The lowest BCUT2D eigenvalue weighted by Crippen LogP contribution is -2.32. The van der Waals surface area contributed by atoms with Crippen molar-refractivity contribution < 1.29 is 19.1 Å². The third kappa shape index (κ3) is 5.76. The first-order valence-electron chi connectivity index (χ1n) is 12.0. The van der Waals surface area contributed by atoms with Crippen molar-refractivity contribution in [1.82, 2.24) is 15.3 Å². The van der Waals surface area contributed by atoms with Crippen LogP contribution in [0.15, 0.2) is 91.0 Å². The number of Topliss-reactive ketones (excluding diaryl/α,β-unsaturated/α-hetero) is 1. The van der Waals surface area contributed by atoms with Gasteiger partial charge in [-0.2, -0.15) is 5.26 Å². The molecule has 0 unspecified atom stereocenters. The van der Waals surface area contributed by atoms with Gasteiger partial charge in [0.15, 0.2) is 5.78 Å². The molecule has 4 aromatic rings. The number of ketones is 1. The van der Waals surface area contributed by atoms with Crippen molar-refractivity contribution in [3.05, 3.63) is 108 Å². The lowest BCUT2D eigenvalue weighted by atomic mass is 9.92. The Morgan fingerprint density at radius 3 is 2.64 bits per heavy atom. The van der Waals surface area contributed by atoms with E-state index in [0.717, 1.165) is 22.1 Å². The summed E-state index contributed by atoms with van der Waals surface area (Å²) in [4.78, 5) is 33.9. The van der Waals surface area contributed by atoms with Gasteiger partial charge in [-0.25, -0.2) is 4.79 Å². The maximum atomic E-state index is 12.9. The van der Waals surface area contributed by atoms with Crippen LogP contribution in [0.2, 0.25) is 0 Å². The molecule has 2 N–H and O–H groups in total. The number of amides is 2. The number of carbonyl (C=O) groups excluding carboxylic acids is 2. The number of nitrogens with one attached hydrogen (secondary N) is 2. The summed E-state index contributed by atoms with van der Waals surface area (Å²) >= 11 is 0. The molecule has 0 radical (unpaired) electrons. The van der Waals surface area contributed by atoms with Crippen molar-refractivity contribution in [3.63, 3.8) is 0 Å². The normalized spacial score (nSPS) is 12.7. The van der Waals surface area contributed by atoms with Gasteiger partial charge in [-0.3, -0.25) is 14.8 Å². The number of fused-ring (bicyclic) bond motifs is 1. The Kier molecular flexibility index (Phi) is 7.28. The van der Waals surface area contributed by atoms with Crippen molar-refractivity contribution in [3.8, 4) is 17.6 Å². The molecule has 0 saturated carbocycles. The highest BCUT2D eigenvalue weighted by Crippen LogP contribution is 2.33. The molecule has 2 aromatic heterocycles. The highest BCUT2D eigenvalue weighted by molar-refractivity contribution is 6.09. The monoisotopic (exact) mass is 517 g/mol. The van der Waals surface area contributed by atoms with E-state index >= 15 is 0 Å². The first kappa shape index (κ1) is 25.2. The van der Waals surface area contributed by atoms with E-state index in [9.17, 15) is 14.9 Å². The summed E-state index contributed by atoms with van der Waals surface area (Å²) in [6.45, 7) is 0.264. The Balaban J connectivity index is 1.35. The Hall–Kier alpha value is -5.49. The van der Waals surface area contributed by atoms with Crippen LogP contribution < -0.4 is 20.1 Å². The summed E-state index contributed by atoms with van der Waals surface area (Å²) in [7, 11) is 1.56. The van der Waals surface area contributed by atoms with Gasteiger partial charge in [-0.15, -0.1) is 0 Å². The highest BCUT2D eigenvalue weighted by Gasteiger charge is 2.21. The van der Waals surface area contributed by atoms with E-state index < -0.39 is 6.03 Å². The topological polar surface area (TPSA) is 126 Å². The number of allylic oxidation sites excluding steroid dienone is 4. The van der Waals surface area contributed by atoms with Gasteiger partial charge in [-0.1, -0.05) is 12.1 Å². The number of aromatic nitrogens is 2. The maximum Gasteiger partial charge on any atom is 0.323 e. The minimum atomic E-state index is -0.525. The predicted molar refractivity (Wildman–Crippen MR) is 146 cm³/mol. The fourth-order valence-corrected chi connectivity index (χ4v) is 4.16. The van der Waals surface area contributed by atoms with E-state index in [2.05, 4.69) is 26.7 Å². The van der Waals surface area contributed by atoms with Crippen LogP contribution in [0.1, 0.15) is 23.1 Å². The van der Waals surface area contributed by atoms with Gasteiger partial charge >= 0.3 is 6.03 Å². The lowest BCUT2D eigenvalue weighted by molar-refractivity contribution is -0.115. The zero-order valence-corrected chi connectivity index (χ0v) is 21.0. The van der Waals surface area contributed by atoms with E-state index in [1.807, 2.05) is 12.1 Å². The largest absolute Gasteiger partial charge is 0.497 e. The van der Waals surface area contributed by atoms with Gasteiger partial charge < -0.3 is 20.1 Å². The molecule has 0 saturated heterocycles. The molecular formula is C30H23N5O4. The number of nitriles is 1. The van der Waals surface area contributed by atoms with Crippen LogP contribution in [0, 0.1) is 11.3 Å². The molecule has 2 aromatic carbocycles. The zero-order chi connectivity index (χ0) is 27.2. The van der Waals surface area contributed by atoms with Crippen LogP contribution in [0.4, 0.5) is 10.5 Å². The number of nitrogens with zero attached hydrogens (tertiary/aromatic N) is 3. The molecule has 1 aliphatic carbocycles. The molecule has 0 fully saturated rings. The second kappa shape index (κ2) is 11.3. The van der Waals surface area contributed by atoms with Crippen LogP contribution in [-0.2, 0) is 11.4 Å². The van der Waals surface area contributed by atoms with Crippen LogP contribution >= 0.6 is 0 Å². The van der Waals surface area contributed by atoms with Crippen LogP contribution in [0.3, 0.4) is 0 Å². The molecule has 0 atom stereocenters. The van der Waals surface area contributed by atoms with Gasteiger partial charge in [0.2, 0.25) is 0 Å². The van der Waals surface area contributed by atoms with Gasteiger partial charge in [0.1, 0.15) is 24.2 Å². The Bertz CT molecular complexity index is 1660. The molecule has 192 valence electrons. The number of carbonyl (C=O) groups is 2. The summed E-state index contributed by atoms with van der Waals surface area (Å²) < 4.78 is 11.0. The van der Waals surface area contributed by atoms with Gasteiger partial charge in [0.25, 0.3) is 0 Å². The standard InChI is InChI=1S/C30H23N5O4/c1-38-23-7-5-22(6-8-23)34-30(37)35-26-9-4-20(14-28(26)36)24-10-12-33-27-15-29(21(16-31)13-25(24)27)39-18-19-3-2-11-32-17-19/h2-13,15,17H,14,18H2,1H3,(H2,34,35,37). The molecule has 0 bridgehead atoms. The number of hydrogen-bond donors (Lipinski definition) is 2. The molecule has 1 aliphatic rings. The van der Waals surface area contributed by atoms with Crippen LogP contribution in [0.25, 0.3) is 16.5 Å². The van der Waals surface area contributed by atoms with E-state index in [1.54, 1.807) is 80.3 Å². The number of pyridine rings is 2. The van der Waals surface area contributed by atoms with Crippen molar-refractivity contribution in [2.45, 2.75) is 13.0 Å². The molecular weight excluding hydrogens is 494 g/mol. The number of ether oxygens (including phenoxy) is 2. The second-order valence-electron chi connectivity index (χ2n) is 8.67. The molecule has 9 heteroatoms. The average Bonchev–Trinajstić information content (AvgIpc) is 2.97. The fourth-order valence-electron chi connectivity index (χ4n) is 4.16. The van der Waals surface area contributed by atoms with Crippen molar-refractivity contribution in [1.29, 1.82) is 5.26 Å². The number of urea groups is 1. The lowest BCUT2D eigenvalue weighted by Gasteiger charge is -2.17. The van der Waals surface area contributed by atoms with E-state index in [4.69, 9.17) is 9.47 Å². The Labute approximate surface area is 224 Å². The van der Waals surface area contributed by atoms with E-state index in [0.29, 0.717) is 28.3 Å². The minimum Gasteiger partial charge on any atom is -0.497 e. The van der Waals surface area contributed by atoms with Gasteiger partial charge in [-0.05, 0) is 59.7 Å². The summed E-state index contributed by atoms with van der Waals surface area (Å²) in [5, 5.41) is 15.8. The fraction of sp³-hybridized carbons (Fsp3) is 0.100. The molecule has 39 heavy (non-hydrogen) atoms. The molecule has 0 spiro atoms. The molecule has 5 rings (SSSR count). The van der Waals surface area contributed by atoms with E-state index in [-0.39, 0.29) is 24.5 Å². The number of hydrogen-bond acceptors (Lipinski definition) is 7.